The van der Waals surface area contributed by atoms with E-state index < -0.39 is 0 Å². The van der Waals surface area contributed by atoms with E-state index in [-0.39, 0.29) is 11.0 Å². The van der Waals surface area contributed by atoms with Crippen molar-refractivity contribution in [2.24, 2.45) is 0 Å². The van der Waals surface area contributed by atoms with E-state index in [9.17, 15) is 5.11 Å². The summed E-state index contributed by atoms with van der Waals surface area (Å²) in [6, 6.07) is 0. The van der Waals surface area contributed by atoms with Gasteiger partial charge in [0.1, 0.15) is 4.93 Å². The van der Waals surface area contributed by atoms with Crippen LogP contribution in [0.3, 0.4) is 0 Å². The molecule has 3 heteroatoms. The molecular formula is C14H24O2S. The first-order chi connectivity index (χ1) is 8.19. The fraction of sp³-hybridized carbons (Fsp3) is 0.857. The van der Waals surface area contributed by atoms with Crippen molar-refractivity contribution >= 4 is 11.8 Å². The van der Waals surface area contributed by atoms with E-state index in [2.05, 4.69) is 13.8 Å². The number of aliphatic hydroxyl groups is 1. The Labute approximate surface area is 109 Å². The lowest BCUT2D eigenvalue weighted by Gasteiger charge is -2.36. The van der Waals surface area contributed by atoms with Crippen LogP contribution in [0.2, 0.25) is 0 Å². The summed E-state index contributed by atoms with van der Waals surface area (Å²) in [4.78, 5) is -0.0826. The van der Waals surface area contributed by atoms with Crippen molar-refractivity contribution in [1.82, 2.24) is 0 Å². The van der Waals surface area contributed by atoms with Crippen molar-refractivity contribution < 1.29 is 9.84 Å². The number of unbranched alkanes of at least 4 members (excludes halogenated alkanes) is 1. The molecule has 2 aliphatic rings. The van der Waals surface area contributed by atoms with Crippen molar-refractivity contribution in [2.45, 2.75) is 63.4 Å². The van der Waals surface area contributed by atoms with Crippen LogP contribution < -0.4 is 0 Å². The predicted molar refractivity (Wildman–Crippen MR) is 73.2 cm³/mol. The van der Waals surface area contributed by atoms with E-state index in [1.807, 2.05) is 11.8 Å². The maximum atomic E-state index is 10.3. The lowest BCUT2D eigenvalue weighted by Crippen LogP contribution is -2.32. The molecule has 0 aromatic carbocycles. The third-order valence-electron chi connectivity index (χ3n) is 3.99. The molecule has 1 N–H and O–H groups in total. The second kappa shape index (κ2) is 5.77. The van der Waals surface area contributed by atoms with Crippen LogP contribution in [0, 0.1) is 0 Å². The molecule has 1 saturated heterocycles. The van der Waals surface area contributed by atoms with Gasteiger partial charge < -0.3 is 9.84 Å². The summed E-state index contributed by atoms with van der Waals surface area (Å²) in [5, 5.41) is 10.3. The number of hydrogen-bond donors (Lipinski definition) is 1. The van der Waals surface area contributed by atoms with E-state index in [4.69, 9.17) is 4.74 Å². The van der Waals surface area contributed by atoms with Gasteiger partial charge in [-0.15, -0.1) is 11.8 Å². The molecule has 1 fully saturated rings. The van der Waals surface area contributed by atoms with Gasteiger partial charge in [-0.05, 0) is 43.8 Å². The first kappa shape index (κ1) is 13.4. The highest BCUT2D eigenvalue weighted by atomic mass is 32.2. The van der Waals surface area contributed by atoms with E-state index >= 15 is 0 Å². The molecule has 1 heterocycles. The van der Waals surface area contributed by atoms with Gasteiger partial charge in [0, 0.05) is 5.75 Å². The standard InChI is InChI=1S/C14H24O2S/c1-3-4-7-13(15)12-6-5-8-14(11(12)2)16-9-10-17-14/h13,15H,3-10H2,1-2H3/t13-,14-/m1/s1. The van der Waals surface area contributed by atoms with Crippen molar-refractivity contribution in [2.75, 3.05) is 12.4 Å². The van der Waals surface area contributed by atoms with Crippen LogP contribution in [0.4, 0.5) is 0 Å². The SMILES string of the molecule is CCCC[C@@H](O)C1=C(C)[C@]2(CCC1)OCCS2. The van der Waals surface area contributed by atoms with E-state index in [0.717, 1.165) is 50.9 Å². The normalized spacial score (nSPS) is 31.2. The van der Waals surface area contributed by atoms with Crippen LogP contribution in [-0.4, -0.2) is 28.5 Å². The first-order valence-electron chi connectivity index (χ1n) is 6.85. The Morgan fingerprint density at radius 3 is 3.00 bits per heavy atom. The van der Waals surface area contributed by atoms with E-state index in [0.29, 0.717) is 0 Å². The molecule has 1 aliphatic carbocycles. The minimum absolute atomic E-state index is 0.0826. The van der Waals surface area contributed by atoms with Gasteiger partial charge in [0.05, 0.1) is 12.7 Å². The zero-order valence-corrected chi connectivity index (χ0v) is 11.8. The molecule has 0 radical (unpaired) electrons. The Bertz CT molecular complexity index is 293. The molecule has 2 atom stereocenters. The van der Waals surface area contributed by atoms with Crippen molar-refractivity contribution in [3.8, 4) is 0 Å². The Morgan fingerprint density at radius 1 is 1.53 bits per heavy atom. The summed E-state index contributed by atoms with van der Waals surface area (Å²) in [7, 11) is 0. The molecule has 1 spiro atoms. The van der Waals surface area contributed by atoms with Crippen LogP contribution in [0.5, 0.6) is 0 Å². The predicted octanol–water partition coefficient (Wildman–Crippen LogP) is 3.50. The largest absolute Gasteiger partial charge is 0.389 e. The monoisotopic (exact) mass is 256 g/mol. The zero-order valence-electron chi connectivity index (χ0n) is 11.0. The lowest BCUT2D eigenvalue weighted by atomic mass is 9.85. The second-order valence-corrected chi connectivity index (χ2v) is 6.47. The fourth-order valence-corrected chi connectivity index (χ4v) is 4.23. The summed E-state index contributed by atoms with van der Waals surface area (Å²) in [6.45, 7) is 5.20. The quantitative estimate of drug-likeness (QED) is 0.781. The molecule has 0 aromatic rings. The van der Waals surface area contributed by atoms with E-state index in [1.54, 1.807) is 0 Å². The van der Waals surface area contributed by atoms with Crippen LogP contribution >= 0.6 is 11.8 Å². The average molecular weight is 256 g/mol. The van der Waals surface area contributed by atoms with Crippen LogP contribution in [0.25, 0.3) is 0 Å². The summed E-state index contributed by atoms with van der Waals surface area (Å²) in [5.74, 6) is 1.09. The molecule has 17 heavy (non-hydrogen) atoms. The molecule has 2 rings (SSSR count). The minimum atomic E-state index is -0.239. The van der Waals surface area contributed by atoms with Crippen LogP contribution in [0.15, 0.2) is 11.1 Å². The molecular weight excluding hydrogens is 232 g/mol. The number of ether oxygens (including phenoxy) is 1. The number of aliphatic hydroxyl groups excluding tert-OH is 1. The maximum Gasteiger partial charge on any atom is 0.135 e. The van der Waals surface area contributed by atoms with Crippen molar-refractivity contribution in [3.05, 3.63) is 11.1 Å². The Balaban J connectivity index is 2.13. The number of rotatable bonds is 4. The van der Waals surface area contributed by atoms with Gasteiger partial charge >= 0.3 is 0 Å². The molecule has 0 unspecified atom stereocenters. The molecule has 0 bridgehead atoms. The molecule has 98 valence electrons. The smallest absolute Gasteiger partial charge is 0.135 e. The fourth-order valence-electron chi connectivity index (χ4n) is 2.94. The second-order valence-electron chi connectivity index (χ2n) is 5.11. The summed E-state index contributed by atoms with van der Waals surface area (Å²) in [6.07, 6.45) is 6.26. The summed E-state index contributed by atoms with van der Waals surface area (Å²) in [5.41, 5.74) is 2.58. The summed E-state index contributed by atoms with van der Waals surface area (Å²) < 4.78 is 5.97. The average Bonchev–Trinajstić information content (AvgIpc) is 2.79. The zero-order chi connectivity index (χ0) is 12.3. The van der Waals surface area contributed by atoms with Gasteiger partial charge in [-0.25, -0.2) is 0 Å². The first-order valence-corrected chi connectivity index (χ1v) is 7.84. The topological polar surface area (TPSA) is 29.5 Å². The van der Waals surface area contributed by atoms with Crippen molar-refractivity contribution in [1.29, 1.82) is 0 Å². The van der Waals surface area contributed by atoms with Crippen LogP contribution in [-0.2, 0) is 4.74 Å². The van der Waals surface area contributed by atoms with Gasteiger partial charge in [0.25, 0.3) is 0 Å². The number of thioether (sulfide) groups is 1. The van der Waals surface area contributed by atoms with Gasteiger partial charge in [-0.2, -0.15) is 0 Å². The van der Waals surface area contributed by atoms with Crippen molar-refractivity contribution in [3.63, 3.8) is 0 Å². The molecule has 1 aliphatic heterocycles. The van der Waals surface area contributed by atoms with Gasteiger partial charge in [-0.3, -0.25) is 0 Å². The van der Waals surface area contributed by atoms with Gasteiger partial charge in [-0.1, -0.05) is 19.8 Å². The van der Waals surface area contributed by atoms with E-state index in [1.165, 1.54) is 11.1 Å². The molecule has 2 nitrogen and oxygen atoms in total. The Kier molecular flexibility index (Phi) is 4.56. The highest BCUT2D eigenvalue weighted by molar-refractivity contribution is 8.00. The Morgan fingerprint density at radius 2 is 2.35 bits per heavy atom. The summed E-state index contributed by atoms with van der Waals surface area (Å²) >= 11 is 1.93. The highest BCUT2D eigenvalue weighted by Crippen LogP contribution is 2.48. The van der Waals surface area contributed by atoms with Crippen LogP contribution in [0.1, 0.15) is 52.4 Å². The molecule has 0 saturated carbocycles. The van der Waals surface area contributed by atoms with Gasteiger partial charge in [0.2, 0.25) is 0 Å². The maximum absolute atomic E-state index is 10.3. The highest BCUT2D eigenvalue weighted by Gasteiger charge is 2.41. The third-order valence-corrected chi connectivity index (χ3v) is 5.46. The molecule has 0 aromatic heterocycles. The molecule has 0 amide bonds. The van der Waals surface area contributed by atoms with Gasteiger partial charge in [0.15, 0.2) is 0 Å². The lowest BCUT2D eigenvalue weighted by molar-refractivity contribution is 0.0610. The Hall–Kier alpha value is 0.01000. The third kappa shape index (κ3) is 2.72. The minimum Gasteiger partial charge on any atom is -0.389 e. The number of hydrogen-bond acceptors (Lipinski definition) is 3.